The van der Waals surface area contributed by atoms with Gasteiger partial charge in [0.15, 0.2) is 0 Å². The van der Waals surface area contributed by atoms with E-state index in [1.807, 2.05) is 6.92 Å². The van der Waals surface area contributed by atoms with Crippen LogP contribution in [0.2, 0.25) is 0 Å². The van der Waals surface area contributed by atoms with E-state index in [-0.39, 0.29) is 0 Å². The third-order valence-corrected chi connectivity index (χ3v) is 2.83. The molecule has 0 radical (unpaired) electrons. The zero-order valence-corrected chi connectivity index (χ0v) is 15.8. The summed E-state index contributed by atoms with van der Waals surface area (Å²) in [5, 5.41) is 0. The van der Waals surface area contributed by atoms with Crippen molar-refractivity contribution in [3.05, 3.63) is 68.1 Å². The molecule has 0 saturated heterocycles. The first kappa shape index (κ1) is 35.0. The molecule has 0 atom stereocenters. The van der Waals surface area contributed by atoms with E-state index in [9.17, 15) is 0 Å². The second-order valence-corrected chi connectivity index (χ2v) is 4.16. The number of ether oxygens (including phenoxy) is 1. The summed E-state index contributed by atoms with van der Waals surface area (Å²) in [7, 11) is 0. The Bertz CT molecular complexity index is 587. The summed E-state index contributed by atoms with van der Waals surface area (Å²) >= 11 is 3.00. The van der Waals surface area contributed by atoms with E-state index in [1.165, 1.54) is 16.7 Å². The standard InChI is InChI=1S/C14H16O.5CO.Cr/c1-4-5-6-10-15-11-14-12(2)8-7-9-13(14)3;5*1-2;/h7-9H,6,10H2,1-3H3;;;;;;. The summed E-state index contributed by atoms with van der Waals surface area (Å²) in [4.78, 5) is 0. The van der Waals surface area contributed by atoms with Gasteiger partial charge in [-0.1, -0.05) is 0 Å². The average molecular weight is 392 g/mol. The first-order valence-corrected chi connectivity index (χ1v) is 6.95. The number of rotatable bonds is 4. The van der Waals surface area contributed by atoms with E-state index < -0.39 is 0 Å². The predicted molar refractivity (Wildman–Crippen MR) is 83.7 cm³/mol. The van der Waals surface area contributed by atoms with E-state index in [0.717, 1.165) is 11.0 Å². The third kappa shape index (κ3) is 19.9. The third-order valence-electron chi connectivity index (χ3n) is 2.32. The minimum absolute atomic E-state index is 0.636. The Balaban J connectivity index is -0.000000127. The molecule has 0 aliphatic rings. The molecule has 0 aliphatic heterocycles. The van der Waals surface area contributed by atoms with Gasteiger partial charge < -0.3 is 0 Å². The van der Waals surface area contributed by atoms with Gasteiger partial charge in [-0.25, -0.2) is 0 Å². The van der Waals surface area contributed by atoms with Crippen LogP contribution < -0.4 is 0 Å². The topological polar surface area (TPSA) is 109 Å². The molecule has 7 heteroatoms. The Kier molecular flexibility index (Phi) is 46.1. The predicted octanol–water partition coefficient (Wildman–Crippen LogP) is 2.57. The Morgan fingerprint density at radius 1 is 0.923 bits per heavy atom. The van der Waals surface area contributed by atoms with E-state index in [2.05, 4.69) is 93.0 Å². The van der Waals surface area contributed by atoms with Crippen molar-refractivity contribution in [1.29, 1.82) is 0 Å². The molecular weight excluding hydrogens is 376 g/mol. The van der Waals surface area contributed by atoms with Crippen LogP contribution in [0.3, 0.4) is 0 Å². The van der Waals surface area contributed by atoms with Gasteiger partial charge in [0.2, 0.25) is 0 Å². The Labute approximate surface area is 162 Å². The molecule has 0 spiro atoms. The van der Waals surface area contributed by atoms with Crippen LogP contribution in [-0.2, 0) is 43.8 Å². The van der Waals surface area contributed by atoms with Crippen LogP contribution in [0.25, 0.3) is 0 Å². The normalized spacial score (nSPS) is 6.19. The van der Waals surface area contributed by atoms with E-state index in [0.29, 0.717) is 6.61 Å². The molecule has 0 unspecified atom stereocenters. The first-order chi connectivity index (χ1) is 12.7. The maximum atomic E-state index is 7.50. The van der Waals surface area contributed by atoms with Gasteiger partial charge in [-0.2, -0.15) is 0 Å². The molecule has 1 rings (SSSR count). The summed E-state index contributed by atoms with van der Waals surface area (Å²) in [5.74, 6) is 5.84. The fourth-order valence-corrected chi connectivity index (χ4v) is 2.16. The van der Waals surface area contributed by atoms with Crippen molar-refractivity contribution >= 4 is 4.57 Å². The van der Waals surface area contributed by atoms with Crippen LogP contribution in [0.4, 0.5) is 0 Å². The molecule has 0 amide bonds. The van der Waals surface area contributed by atoms with Crippen LogP contribution in [0, 0.1) is 58.9 Å². The van der Waals surface area contributed by atoms with Gasteiger partial charge in [0.25, 0.3) is 0 Å². The number of hydrogen-bond donors (Lipinski definition) is 0. The molecule has 0 fully saturated rings. The van der Waals surface area contributed by atoms with Gasteiger partial charge in [-0.3, -0.25) is 0 Å². The zero-order valence-electron chi connectivity index (χ0n) is 14.5. The number of aryl methyl sites for hydroxylation is 2. The van der Waals surface area contributed by atoms with Gasteiger partial charge in [0, 0.05) is 0 Å². The fourth-order valence-electron chi connectivity index (χ4n) is 1.53. The maximum absolute atomic E-state index is 7.50. The Morgan fingerprint density at radius 2 is 1.31 bits per heavy atom. The monoisotopic (exact) mass is 392 g/mol. The van der Waals surface area contributed by atoms with Crippen molar-refractivity contribution < 1.29 is 43.8 Å². The van der Waals surface area contributed by atoms with Crippen LogP contribution in [0.1, 0.15) is 30.0 Å². The summed E-state index contributed by atoms with van der Waals surface area (Å²) in [6.07, 6.45) is 0.770. The van der Waals surface area contributed by atoms with Crippen molar-refractivity contribution in [2.24, 2.45) is 0 Å². The molecular formula is C19H16CrO6. The van der Waals surface area contributed by atoms with Gasteiger partial charge in [0.05, 0.1) is 0 Å². The average Bonchev–Trinajstić information content (AvgIpc) is 2.73. The summed E-state index contributed by atoms with van der Waals surface area (Å²) < 4.78 is 44.0. The summed E-state index contributed by atoms with van der Waals surface area (Å²) in [5.41, 5.74) is 3.64. The molecule has 0 aromatic heterocycles. The van der Waals surface area contributed by atoms with Crippen molar-refractivity contribution in [3.63, 3.8) is 0 Å². The summed E-state index contributed by atoms with van der Waals surface area (Å²) in [6, 6.07) is 6.24. The van der Waals surface area contributed by atoms with Crippen LogP contribution in [0.5, 0.6) is 0 Å². The molecule has 1 aromatic rings. The van der Waals surface area contributed by atoms with Crippen molar-refractivity contribution in [1.82, 2.24) is 0 Å². The van der Waals surface area contributed by atoms with Crippen molar-refractivity contribution in [2.75, 3.05) is 6.61 Å². The van der Waals surface area contributed by atoms with Gasteiger partial charge in [0.1, 0.15) is 0 Å². The van der Waals surface area contributed by atoms with Crippen LogP contribution in [-0.4, -0.2) is 11.2 Å². The van der Waals surface area contributed by atoms with Crippen molar-refractivity contribution in [2.45, 2.75) is 27.2 Å². The first-order valence-electron chi connectivity index (χ1n) is 6.32. The molecule has 1 aromatic carbocycles. The van der Waals surface area contributed by atoms with Gasteiger partial charge >= 0.3 is 162 Å². The zero-order chi connectivity index (χ0) is 22.0. The molecule has 6 nitrogen and oxygen atoms in total. The van der Waals surface area contributed by atoms with Crippen LogP contribution in [0.15, 0.2) is 18.2 Å². The van der Waals surface area contributed by atoms with E-state index in [1.54, 1.807) is 0 Å². The van der Waals surface area contributed by atoms with E-state index in [4.69, 9.17) is 28.0 Å². The molecule has 0 heterocycles. The van der Waals surface area contributed by atoms with E-state index >= 15 is 0 Å². The second-order valence-electron chi connectivity index (χ2n) is 3.58. The summed E-state index contributed by atoms with van der Waals surface area (Å²) in [6.45, 7) is 29.2. The molecule has 134 valence electrons. The quantitative estimate of drug-likeness (QED) is 0.334. The molecule has 0 saturated carbocycles. The van der Waals surface area contributed by atoms with Gasteiger partial charge in [-0.05, 0) is 0 Å². The van der Waals surface area contributed by atoms with Crippen LogP contribution >= 0.6 is 0 Å². The number of hydrogen-bond acceptors (Lipinski definition) is 1. The molecule has 0 N–H and O–H groups in total. The second kappa shape index (κ2) is 34.2. The van der Waals surface area contributed by atoms with Crippen molar-refractivity contribution in [3.8, 4) is 11.8 Å². The Hall–Kier alpha value is -2.16. The SMILES string of the molecule is CC#CCCO[C](=[Cr])c1c(C)cccc1C.[C-]#[O+].[C-]#[O+].[C-]#[O+].[C-]#[O+].[C-]#[O+]. The number of benzene rings is 1. The molecule has 0 bridgehead atoms. The van der Waals surface area contributed by atoms with Gasteiger partial charge in [-0.15, -0.1) is 0 Å². The molecule has 0 aliphatic carbocycles. The molecule has 26 heavy (non-hydrogen) atoms. The Morgan fingerprint density at radius 3 is 1.65 bits per heavy atom. The minimum atomic E-state index is 0.636. The fraction of sp³-hybridized carbons (Fsp3) is 0.263.